The molecule has 170 valence electrons. The lowest BCUT2D eigenvalue weighted by Gasteiger charge is -2.12. The lowest BCUT2D eigenvalue weighted by molar-refractivity contribution is -0.274. The Morgan fingerprint density at radius 2 is 1.76 bits per heavy atom. The molecule has 1 atom stereocenters. The third kappa shape index (κ3) is 4.96. The Morgan fingerprint density at radius 1 is 1.03 bits per heavy atom. The summed E-state index contributed by atoms with van der Waals surface area (Å²) >= 11 is 0. The van der Waals surface area contributed by atoms with Crippen LogP contribution in [0.25, 0.3) is 22.8 Å². The molecular formula is C21H16F3N5O3S. The molecule has 0 aliphatic rings. The number of halogens is 3. The number of nitrogens with zero attached hydrogens (tertiary/aromatic N) is 4. The van der Waals surface area contributed by atoms with Gasteiger partial charge in [0.1, 0.15) is 5.75 Å². The summed E-state index contributed by atoms with van der Waals surface area (Å²) in [4.78, 5) is 12.9. The monoisotopic (exact) mass is 475 g/mol. The van der Waals surface area contributed by atoms with Gasteiger partial charge in [0.05, 0.1) is 33.0 Å². The third-order valence-electron chi connectivity index (χ3n) is 4.49. The molecule has 0 aliphatic carbocycles. The predicted molar refractivity (Wildman–Crippen MR) is 117 cm³/mol. The second kappa shape index (κ2) is 8.22. The van der Waals surface area contributed by atoms with Crippen LogP contribution in [0, 0.1) is 0 Å². The maximum absolute atomic E-state index is 12.6. The quantitative estimate of drug-likeness (QED) is 0.447. The van der Waals surface area contributed by atoms with Crippen molar-refractivity contribution in [1.82, 2.24) is 19.6 Å². The fourth-order valence-corrected chi connectivity index (χ4v) is 3.65. The van der Waals surface area contributed by atoms with Gasteiger partial charge in [0.25, 0.3) is 0 Å². The summed E-state index contributed by atoms with van der Waals surface area (Å²) in [6.07, 6.45) is -2.04. The summed E-state index contributed by atoms with van der Waals surface area (Å²) < 4.78 is 56.2. The molecular weight excluding hydrogens is 459 g/mol. The fraction of sp³-hybridized carbons (Fsp3) is 0.0476. The van der Waals surface area contributed by atoms with Gasteiger partial charge in [0.2, 0.25) is 5.43 Å². The normalized spacial score (nSPS) is 13.5. The standard InChI is InChI=1S/C21H16F3N5O3S/c1-33(25,31)17-7-5-14(6-8-17)29-18(9-11-26-29)20-19(30)10-12-28(27-20)15-3-2-4-16(13-15)32-21(22,23)24/h2-13H,1H2,(H2,25,31). The van der Waals surface area contributed by atoms with Crippen molar-refractivity contribution in [3.05, 3.63) is 83.3 Å². The van der Waals surface area contributed by atoms with E-state index in [1.54, 1.807) is 30.3 Å². The van der Waals surface area contributed by atoms with Gasteiger partial charge in [-0.05, 0) is 48.3 Å². The smallest absolute Gasteiger partial charge is 0.406 e. The SMILES string of the molecule is C=S(N)(=O)c1ccc(-n2nccc2-c2nn(-c3cccc(OC(F)(F)F)c3)ccc2=O)cc1. The van der Waals surface area contributed by atoms with Gasteiger partial charge >= 0.3 is 6.36 Å². The highest BCUT2D eigenvalue weighted by atomic mass is 32.2. The molecule has 4 aromatic rings. The van der Waals surface area contributed by atoms with Gasteiger partial charge in [-0.3, -0.25) is 9.93 Å². The molecule has 2 heterocycles. The molecule has 0 saturated carbocycles. The molecule has 2 aromatic heterocycles. The van der Waals surface area contributed by atoms with Crippen LogP contribution in [0.3, 0.4) is 0 Å². The van der Waals surface area contributed by atoms with Gasteiger partial charge in [-0.15, -0.1) is 13.2 Å². The first-order valence-corrected chi connectivity index (χ1v) is 11.1. The van der Waals surface area contributed by atoms with Crippen LogP contribution in [0.4, 0.5) is 13.2 Å². The highest BCUT2D eigenvalue weighted by Crippen LogP contribution is 2.25. The van der Waals surface area contributed by atoms with Gasteiger partial charge in [-0.2, -0.15) is 10.2 Å². The van der Waals surface area contributed by atoms with E-state index in [0.29, 0.717) is 16.3 Å². The van der Waals surface area contributed by atoms with Gasteiger partial charge in [-0.25, -0.2) is 13.6 Å². The Hall–Kier alpha value is -3.90. The maximum atomic E-state index is 12.6. The van der Waals surface area contributed by atoms with Crippen LogP contribution in [-0.2, 0) is 9.71 Å². The molecule has 1 unspecified atom stereocenters. The van der Waals surface area contributed by atoms with E-state index >= 15 is 0 Å². The number of alkyl halides is 3. The average Bonchev–Trinajstić information content (AvgIpc) is 3.22. The van der Waals surface area contributed by atoms with E-state index in [1.807, 2.05) is 0 Å². The van der Waals surface area contributed by atoms with Crippen molar-refractivity contribution in [2.75, 3.05) is 0 Å². The molecule has 0 radical (unpaired) electrons. The number of hydrogen-bond donors (Lipinski definition) is 1. The topological polar surface area (TPSA) is 105 Å². The molecule has 0 fully saturated rings. The van der Waals surface area contributed by atoms with E-state index in [9.17, 15) is 22.2 Å². The van der Waals surface area contributed by atoms with Crippen molar-refractivity contribution >= 4 is 15.6 Å². The summed E-state index contributed by atoms with van der Waals surface area (Å²) in [7, 11) is -2.88. The Kier molecular flexibility index (Phi) is 5.56. The zero-order valence-electron chi connectivity index (χ0n) is 16.8. The van der Waals surface area contributed by atoms with Crippen LogP contribution >= 0.6 is 0 Å². The highest BCUT2D eigenvalue weighted by Gasteiger charge is 2.31. The predicted octanol–water partition coefficient (Wildman–Crippen LogP) is 2.93. The van der Waals surface area contributed by atoms with E-state index in [0.717, 1.165) is 12.1 Å². The zero-order valence-corrected chi connectivity index (χ0v) is 17.6. The molecule has 2 aromatic carbocycles. The van der Waals surface area contributed by atoms with Crippen LogP contribution in [0.2, 0.25) is 0 Å². The van der Waals surface area contributed by atoms with Crippen molar-refractivity contribution < 1.29 is 22.1 Å². The number of benzene rings is 2. The van der Waals surface area contributed by atoms with Crippen molar-refractivity contribution in [1.29, 1.82) is 0 Å². The lowest BCUT2D eigenvalue weighted by atomic mass is 10.2. The lowest BCUT2D eigenvalue weighted by Crippen LogP contribution is -2.17. The van der Waals surface area contributed by atoms with E-state index in [-0.39, 0.29) is 11.4 Å². The summed E-state index contributed by atoms with van der Waals surface area (Å²) in [6, 6.07) is 14.3. The molecule has 0 saturated heterocycles. The van der Waals surface area contributed by atoms with Crippen molar-refractivity contribution in [3.8, 4) is 28.5 Å². The molecule has 4 rings (SSSR count). The Morgan fingerprint density at radius 3 is 2.42 bits per heavy atom. The highest BCUT2D eigenvalue weighted by molar-refractivity contribution is 7.98. The molecule has 0 bridgehead atoms. The van der Waals surface area contributed by atoms with Crippen LogP contribution in [0.15, 0.2) is 82.7 Å². The van der Waals surface area contributed by atoms with E-state index in [1.165, 1.54) is 40.0 Å². The maximum Gasteiger partial charge on any atom is 0.573 e. The van der Waals surface area contributed by atoms with Crippen LogP contribution < -0.4 is 15.3 Å². The Labute approximate surface area is 185 Å². The average molecular weight is 475 g/mol. The van der Waals surface area contributed by atoms with Crippen molar-refractivity contribution in [2.45, 2.75) is 11.3 Å². The van der Waals surface area contributed by atoms with Gasteiger partial charge in [-0.1, -0.05) is 6.07 Å². The summed E-state index contributed by atoms with van der Waals surface area (Å²) in [5, 5.41) is 14.1. The summed E-state index contributed by atoms with van der Waals surface area (Å²) in [5.74, 6) is 3.01. The number of hydrogen-bond acceptors (Lipinski definition) is 5. The number of nitrogens with two attached hydrogens (primary N) is 1. The molecule has 12 heteroatoms. The number of ether oxygens (including phenoxy) is 1. The largest absolute Gasteiger partial charge is 0.573 e. The molecule has 33 heavy (non-hydrogen) atoms. The van der Waals surface area contributed by atoms with Crippen LogP contribution in [-0.4, -0.2) is 36.0 Å². The number of rotatable bonds is 5. The van der Waals surface area contributed by atoms with Gasteiger partial charge in [0, 0.05) is 23.2 Å². The third-order valence-corrected chi connectivity index (χ3v) is 5.56. The molecule has 0 aliphatic heterocycles. The van der Waals surface area contributed by atoms with Crippen LogP contribution in [0.5, 0.6) is 5.75 Å². The van der Waals surface area contributed by atoms with E-state index in [2.05, 4.69) is 20.8 Å². The van der Waals surface area contributed by atoms with E-state index in [4.69, 9.17) is 5.14 Å². The second-order valence-electron chi connectivity index (χ2n) is 6.87. The van der Waals surface area contributed by atoms with Gasteiger partial charge in [0.15, 0.2) is 5.69 Å². The van der Waals surface area contributed by atoms with Crippen LogP contribution in [0.1, 0.15) is 0 Å². The second-order valence-corrected chi connectivity index (χ2v) is 8.79. The first-order valence-electron chi connectivity index (χ1n) is 9.27. The molecule has 2 N–H and O–H groups in total. The zero-order chi connectivity index (χ0) is 23.8. The Balaban J connectivity index is 1.75. The van der Waals surface area contributed by atoms with Gasteiger partial charge < -0.3 is 4.74 Å². The minimum absolute atomic E-state index is 0.0148. The molecule has 0 amide bonds. The summed E-state index contributed by atoms with van der Waals surface area (Å²) in [6.45, 7) is 0. The minimum atomic E-state index is -4.84. The molecule has 0 spiro atoms. The Bertz CT molecular complexity index is 1480. The first kappa shape index (κ1) is 22.3. The molecule has 8 nitrogen and oxygen atoms in total. The van der Waals surface area contributed by atoms with E-state index < -0.39 is 27.2 Å². The fourth-order valence-electron chi connectivity index (χ4n) is 3.06. The minimum Gasteiger partial charge on any atom is -0.406 e. The first-order chi connectivity index (χ1) is 15.5. The summed E-state index contributed by atoms with van der Waals surface area (Å²) in [5.41, 5.74) is 0.727. The van der Waals surface area contributed by atoms with Crippen molar-refractivity contribution in [2.24, 2.45) is 5.14 Å². The number of aromatic nitrogens is 4. The van der Waals surface area contributed by atoms with Crippen molar-refractivity contribution in [3.63, 3.8) is 0 Å².